The lowest BCUT2D eigenvalue weighted by atomic mass is 10.1. The zero-order valence-electron chi connectivity index (χ0n) is 9.60. The first-order valence-electron chi connectivity index (χ1n) is 5.33. The maximum atomic E-state index is 13.8. The fourth-order valence-corrected chi connectivity index (χ4v) is 2.27. The quantitative estimate of drug-likeness (QED) is 0.921. The van der Waals surface area contributed by atoms with E-state index in [1.165, 1.54) is 24.0 Å². The van der Waals surface area contributed by atoms with Gasteiger partial charge in [0.2, 0.25) is 0 Å². The molecule has 0 radical (unpaired) electrons. The first kappa shape index (κ1) is 13.3. The Kier molecular flexibility index (Phi) is 4.22. The molecule has 1 aromatic carbocycles. The first-order valence-corrected chi connectivity index (χ1v) is 6.52. The van der Waals surface area contributed by atoms with E-state index >= 15 is 0 Å². The molecule has 0 saturated heterocycles. The van der Waals surface area contributed by atoms with Crippen LogP contribution in [0.2, 0.25) is 5.02 Å². The molecule has 1 heterocycles. The SMILES string of the molecule is CC(O)c1ccc(Sc2ccc(Cl)cn2)c(F)c1. The third kappa shape index (κ3) is 3.22. The highest BCUT2D eigenvalue weighted by molar-refractivity contribution is 7.99. The molecule has 0 aliphatic rings. The topological polar surface area (TPSA) is 33.1 Å². The molecule has 2 nitrogen and oxygen atoms in total. The summed E-state index contributed by atoms with van der Waals surface area (Å²) in [5.74, 6) is -0.366. The number of hydrogen-bond donors (Lipinski definition) is 1. The maximum Gasteiger partial charge on any atom is 0.137 e. The Bertz CT molecular complexity index is 545. The van der Waals surface area contributed by atoms with Crippen LogP contribution in [0, 0.1) is 5.82 Å². The van der Waals surface area contributed by atoms with Crippen molar-refractivity contribution in [3.63, 3.8) is 0 Å². The highest BCUT2D eigenvalue weighted by Gasteiger charge is 2.08. The summed E-state index contributed by atoms with van der Waals surface area (Å²) in [6.45, 7) is 1.60. The lowest BCUT2D eigenvalue weighted by Crippen LogP contribution is -1.93. The van der Waals surface area contributed by atoms with E-state index in [1.807, 2.05) is 0 Å². The van der Waals surface area contributed by atoms with E-state index in [1.54, 1.807) is 31.2 Å². The minimum Gasteiger partial charge on any atom is -0.389 e. The lowest BCUT2D eigenvalue weighted by molar-refractivity contribution is 0.198. The smallest absolute Gasteiger partial charge is 0.137 e. The van der Waals surface area contributed by atoms with E-state index in [-0.39, 0.29) is 5.82 Å². The Hall–Kier alpha value is -1.10. The fourth-order valence-electron chi connectivity index (χ4n) is 1.40. The predicted octanol–water partition coefficient (Wildman–Crippen LogP) is 4.08. The molecule has 2 rings (SSSR count). The molecule has 0 spiro atoms. The van der Waals surface area contributed by atoms with Crippen molar-refractivity contribution in [3.8, 4) is 0 Å². The van der Waals surface area contributed by atoms with Crippen molar-refractivity contribution in [2.45, 2.75) is 22.9 Å². The molecule has 1 N–H and O–H groups in total. The van der Waals surface area contributed by atoms with Crippen LogP contribution >= 0.6 is 23.4 Å². The van der Waals surface area contributed by atoms with Gasteiger partial charge in [0.05, 0.1) is 11.1 Å². The van der Waals surface area contributed by atoms with Crippen molar-refractivity contribution >= 4 is 23.4 Å². The second-order valence-corrected chi connectivity index (χ2v) is 5.28. The number of nitrogens with zero attached hydrogens (tertiary/aromatic N) is 1. The molecule has 94 valence electrons. The molecule has 2 aromatic rings. The molecular formula is C13H11ClFNOS. The second-order valence-electron chi connectivity index (χ2n) is 3.78. The highest BCUT2D eigenvalue weighted by Crippen LogP contribution is 2.30. The summed E-state index contributed by atoms with van der Waals surface area (Å²) in [5, 5.41) is 10.6. The van der Waals surface area contributed by atoms with Crippen LogP contribution in [0.4, 0.5) is 4.39 Å². The summed E-state index contributed by atoms with van der Waals surface area (Å²) in [5.41, 5.74) is 0.556. The third-order valence-corrected chi connectivity index (χ3v) is 3.58. The lowest BCUT2D eigenvalue weighted by Gasteiger charge is -2.07. The van der Waals surface area contributed by atoms with Crippen molar-refractivity contribution in [1.29, 1.82) is 0 Å². The number of pyridine rings is 1. The maximum absolute atomic E-state index is 13.8. The summed E-state index contributed by atoms with van der Waals surface area (Å²) < 4.78 is 13.8. The zero-order valence-corrected chi connectivity index (χ0v) is 11.2. The van der Waals surface area contributed by atoms with E-state index in [4.69, 9.17) is 11.6 Å². The van der Waals surface area contributed by atoms with Gasteiger partial charge in [0, 0.05) is 11.1 Å². The Morgan fingerprint density at radius 1 is 1.33 bits per heavy atom. The van der Waals surface area contributed by atoms with Gasteiger partial charge in [-0.15, -0.1) is 0 Å². The van der Waals surface area contributed by atoms with Gasteiger partial charge < -0.3 is 5.11 Å². The molecular weight excluding hydrogens is 273 g/mol. The van der Waals surface area contributed by atoms with E-state index in [0.29, 0.717) is 20.5 Å². The first-order chi connectivity index (χ1) is 8.56. The third-order valence-electron chi connectivity index (χ3n) is 2.35. The molecule has 0 amide bonds. The van der Waals surface area contributed by atoms with Gasteiger partial charge in [-0.3, -0.25) is 0 Å². The fraction of sp³-hybridized carbons (Fsp3) is 0.154. The van der Waals surface area contributed by atoms with E-state index < -0.39 is 6.10 Å². The Morgan fingerprint density at radius 2 is 2.11 bits per heavy atom. The van der Waals surface area contributed by atoms with Crippen LogP contribution in [-0.4, -0.2) is 10.1 Å². The largest absolute Gasteiger partial charge is 0.389 e. The number of hydrogen-bond acceptors (Lipinski definition) is 3. The number of rotatable bonds is 3. The Labute approximate surface area is 114 Å². The minimum atomic E-state index is -0.674. The van der Waals surface area contributed by atoms with Crippen molar-refractivity contribution in [1.82, 2.24) is 4.98 Å². The van der Waals surface area contributed by atoms with Gasteiger partial charge in [-0.1, -0.05) is 29.4 Å². The normalized spacial score (nSPS) is 12.4. The van der Waals surface area contributed by atoms with Crippen LogP contribution < -0.4 is 0 Å². The van der Waals surface area contributed by atoms with Crippen LogP contribution in [-0.2, 0) is 0 Å². The summed E-state index contributed by atoms with van der Waals surface area (Å²) >= 11 is 6.94. The van der Waals surface area contributed by atoms with E-state index in [0.717, 1.165) is 0 Å². The van der Waals surface area contributed by atoms with Crippen molar-refractivity contribution in [2.75, 3.05) is 0 Å². The molecule has 0 aliphatic heterocycles. The number of aliphatic hydroxyl groups is 1. The predicted molar refractivity (Wildman–Crippen MR) is 70.4 cm³/mol. The molecule has 1 atom stereocenters. The zero-order chi connectivity index (χ0) is 13.1. The molecule has 0 aliphatic carbocycles. The van der Waals surface area contributed by atoms with Gasteiger partial charge in [-0.05, 0) is 36.8 Å². The van der Waals surface area contributed by atoms with E-state index in [2.05, 4.69) is 4.98 Å². The Balaban J connectivity index is 2.22. The standard InChI is InChI=1S/C13H11ClFNOS/c1-8(17)9-2-4-12(11(15)6-9)18-13-5-3-10(14)7-16-13/h2-8,17H,1H3. The van der Waals surface area contributed by atoms with Crippen molar-refractivity contribution in [3.05, 3.63) is 52.9 Å². The van der Waals surface area contributed by atoms with Gasteiger partial charge in [-0.2, -0.15) is 0 Å². The van der Waals surface area contributed by atoms with Crippen molar-refractivity contribution in [2.24, 2.45) is 0 Å². The Morgan fingerprint density at radius 3 is 2.67 bits per heavy atom. The summed E-state index contributed by atoms with van der Waals surface area (Å²) in [6, 6.07) is 8.11. The van der Waals surface area contributed by atoms with Crippen LogP contribution in [0.15, 0.2) is 46.5 Å². The van der Waals surface area contributed by atoms with Crippen molar-refractivity contribution < 1.29 is 9.50 Å². The molecule has 0 saturated carbocycles. The molecule has 0 fully saturated rings. The molecule has 5 heteroatoms. The van der Waals surface area contributed by atoms with Gasteiger partial charge in [0.15, 0.2) is 0 Å². The minimum absolute atomic E-state index is 0.366. The summed E-state index contributed by atoms with van der Waals surface area (Å²) in [4.78, 5) is 4.55. The number of aliphatic hydroxyl groups excluding tert-OH is 1. The van der Waals surface area contributed by atoms with E-state index in [9.17, 15) is 9.50 Å². The molecule has 1 unspecified atom stereocenters. The summed E-state index contributed by atoms with van der Waals surface area (Å²) in [6.07, 6.45) is 0.846. The average Bonchev–Trinajstić information content (AvgIpc) is 2.34. The van der Waals surface area contributed by atoms with Crippen LogP contribution in [0.1, 0.15) is 18.6 Å². The van der Waals surface area contributed by atoms with Crippen LogP contribution in [0.3, 0.4) is 0 Å². The number of aromatic nitrogens is 1. The monoisotopic (exact) mass is 283 g/mol. The number of halogens is 2. The average molecular weight is 284 g/mol. The van der Waals surface area contributed by atoms with Gasteiger partial charge in [0.25, 0.3) is 0 Å². The van der Waals surface area contributed by atoms with Gasteiger partial charge >= 0.3 is 0 Å². The molecule has 18 heavy (non-hydrogen) atoms. The summed E-state index contributed by atoms with van der Waals surface area (Å²) in [7, 11) is 0. The van der Waals surface area contributed by atoms with Crippen LogP contribution in [0.25, 0.3) is 0 Å². The molecule has 0 bridgehead atoms. The molecule has 1 aromatic heterocycles. The second kappa shape index (κ2) is 5.69. The van der Waals surface area contributed by atoms with Gasteiger partial charge in [-0.25, -0.2) is 9.37 Å². The number of benzene rings is 1. The van der Waals surface area contributed by atoms with Crippen LogP contribution in [0.5, 0.6) is 0 Å². The van der Waals surface area contributed by atoms with Gasteiger partial charge in [0.1, 0.15) is 10.8 Å². The highest BCUT2D eigenvalue weighted by atomic mass is 35.5.